The second-order valence-corrected chi connectivity index (χ2v) is 2.12. The van der Waals surface area contributed by atoms with Crippen molar-refractivity contribution in [1.82, 2.24) is 0 Å². The summed E-state index contributed by atoms with van der Waals surface area (Å²) in [6.45, 7) is -1.17. The Hall–Kier alpha value is -0.560. The molecule has 0 heterocycles. The largest absolute Gasteiger partial charge is 0.394 e. The highest BCUT2D eigenvalue weighted by atomic mass is 16.4. The van der Waals surface area contributed by atoms with Gasteiger partial charge < -0.3 is 20.4 Å². The smallest absolute Gasteiger partial charge is 0.110 e. The molecule has 11 heavy (non-hydrogen) atoms. The molecule has 0 aliphatic carbocycles. The summed E-state index contributed by atoms with van der Waals surface area (Å²) in [7, 11) is 0. The average Bonchev–Trinajstić information content (AvgIpc) is 2.02. The number of hydrogen-bond donors (Lipinski definition) is 4. The van der Waals surface area contributed by atoms with Crippen LogP contribution in [0.5, 0.6) is 0 Å². The van der Waals surface area contributed by atoms with Gasteiger partial charge in [0.15, 0.2) is 0 Å². The third-order valence-corrected chi connectivity index (χ3v) is 1.24. The molecule has 0 spiro atoms. The summed E-state index contributed by atoms with van der Waals surface area (Å²) >= 11 is 0. The van der Waals surface area contributed by atoms with Gasteiger partial charge in [-0.15, -0.1) is 0 Å². The molecule has 4 N–H and O–H groups in total. The summed E-state index contributed by atoms with van der Waals surface area (Å²) in [5.74, 6) is 0. The highest BCUT2D eigenvalue weighted by Crippen LogP contribution is 1.99. The Balaban J connectivity index is 3.79. The van der Waals surface area contributed by atoms with Crippen LogP contribution in [0, 0.1) is 4.91 Å². The topological polar surface area (TPSA) is 110 Å². The SMILES string of the molecule is O=NCC(O)C(O)C(O)CO. The van der Waals surface area contributed by atoms with Crippen LogP contribution < -0.4 is 0 Å². The molecule has 0 bridgehead atoms. The van der Waals surface area contributed by atoms with Crippen LogP contribution in [0.15, 0.2) is 5.18 Å². The van der Waals surface area contributed by atoms with Gasteiger partial charge in [0, 0.05) is 0 Å². The minimum Gasteiger partial charge on any atom is -0.394 e. The van der Waals surface area contributed by atoms with Gasteiger partial charge in [-0.25, -0.2) is 0 Å². The Morgan fingerprint density at radius 3 is 2.09 bits per heavy atom. The van der Waals surface area contributed by atoms with Gasteiger partial charge in [-0.05, 0) is 0 Å². The van der Waals surface area contributed by atoms with Gasteiger partial charge in [0.05, 0.1) is 6.61 Å². The molecule has 0 aromatic rings. The first kappa shape index (κ1) is 10.4. The number of rotatable bonds is 5. The zero-order valence-corrected chi connectivity index (χ0v) is 5.79. The summed E-state index contributed by atoms with van der Waals surface area (Å²) in [6, 6.07) is 0. The summed E-state index contributed by atoms with van der Waals surface area (Å²) in [5.41, 5.74) is 0. The maximum atomic E-state index is 9.57. The van der Waals surface area contributed by atoms with Crippen molar-refractivity contribution in [3.05, 3.63) is 4.91 Å². The van der Waals surface area contributed by atoms with E-state index in [1.807, 2.05) is 0 Å². The minimum absolute atomic E-state index is 0.502. The van der Waals surface area contributed by atoms with Crippen molar-refractivity contribution in [2.24, 2.45) is 5.18 Å². The maximum Gasteiger partial charge on any atom is 0.110 e. The Morgan fingerprint density at radius 2 is 1.73 bits per heavy atom. The minimum atomic E-state index is -1.53. The first-order chi connectivity index (χ1) is 5.13. The fourth-order valence-corrected chi connectivity index (χ4v) is 0.549. The van der Waals surface area contributed by atoms with Gasteiger partial charge in [0.2, 0.25) is 0 Å². The average molecular weight is 165 g/mol. The number of nitroso groups, excluding NO2 is 1. The van der Waals surface area contributed by atoms with Gasteiger partial charge in [-0.3, -0.25) is 0 Å². The fourth-order valence-electron chi connectivity index (χ4n) is 0.549. The van der Waals surface area contributed by atoms with Crippen LogP contribution in [-0.4, -0.2) is 51.9 Å². The standard InChI is InChI=1S/C5H11NO5/c7-2-4(9)5(10)3(8)1-6-11/h3-5,7-10H,1-2H2. The van der Waals surface area contributed by atoms with E-state index in [4.69, 9.17) is 20.4 Å². The van der Waals surface area contributed by atoms with Crippen LogP contribution >= 0.6 is 0 Å². The molecule has 6 heteroatoms. The second kappa shape index (κ2) is 5.14. The molecule has 3 unspecified atom stereocenters. The molecule has 6 nitrogen and oxygen atoms in total. The molecule has 0 aromatic carbocycles. The molecule has 0 saturated carbocycles. The second-order valence-electron chi connectivity index (χ2n) is 2.12. The maximum absolute atomic E-state index is 9.57. The summed E-state index contributed by atoms with van der Waals surface area (Å²) in [4.78, 5) is 9.57. The molecular weight excluding hydrogens is 154 g/mol. The third-order valence-electron chi connectivity index (χ3n) is 1.24. The Morgan fingerprint density at radius 1 is 1.18 bits per heavy atom. The quantitative estimate of drug-likeness (QED) is 0.346. The van der Waals surface area contributed by atoms with E-state index < -0.39 is 31.5 Å². The lowest BCUT2D eigenvalue weighted by Crippen LogP contribution is -2.40. The molecular formula is C5H11NO5. The molecule has 0 amide bonds. The van der Waals surface area contributed by atoms with Crippen molar-refractivity contribution in [2.75, 3.05) is 13.2 Å². The Labute approximate surface area is 63.1 Å². The van der Waals surface area contributed by atoms with Gasteiger partial charge in [0.25, 0.3) is 0 Å². The van der Waals surface area contributed by atoms with E-state index in [-0.39, 0.29) is 0 Å². The van der Waals surface area contributed by atoms with Crippen LogP contribution in [0.3, 0.4) is 0 Å². The monoisotopic (exact) mass is 165 g/mol. The van der Waals surface area contributed by atoms with Crippen molar-refractivity contribution in [2.45, 2.75) is 18.3 Å². The zero-order chi connectivity index (χ0) is 8.85. The van der Waals surface area contributed by atoms with Crippen LogP contribution in [-0.2, 0) is 0 Å². The highest BCUT2D eigenvalue weighted by molar-refractivity contribution is 4.75. The van der Waals surface area contributed by atoms with Crippen LogP contribution in [0.25, 0.3) is 0 Å². The van der Waals surface area contributed by atoms with E-state index in [9.17, 15) is 4.91 Å². The zero-order valence-electron chi connectivity index (χ0n) is 5.79. The summed E-state index contributed by atoms with van der Waals surface area (Å²) in [5, 5.41) is 37.0. The van der Waals surface area contributed by atoms with E-state index in [0.29, 0.717) is 0 Å². The molecule has 3 atom stereocenters. The first-order valence-electron chi connectivity index (χ1n) is 3.07. The van der Waals surface area contributed by atoms with Crippen molar-refractivity contribution in [1.29, 1.82) is 0 Å². The van der Waals surface area contributed by atoms with E-state index in [1.165, 1.54) is 0 Å². The van der Waals surface area contributed by atoms with E-state index in [2.05, 4.69) is 5.18 Å². The molecule has 0 rings (SSSR count). The Bertz CT molecular complexity index is 119. The van der Waals surface area contributed by atoms with Gasteiger partial charge in [0.1, 0.15) is 24.9 Å². The lowest BCUT2D eigenvalue weighted by Gasteiger charge is -2.18. The van der Waals surface area contributed by atoms with Gasteiger partial charge in [-0.1, -0.05) is 5.18 Å². The van der Waals surface area contributed by atoms with Crippen molar-refractivity contribution >= 4 is 0 Å². The van der Waals surface area contributed by atoms with Crippen LogP contribution in [0.4, 0.5) is 0 Å². The first-order valence-corrected chi connectivity index (χ1v) is 3.07. The predicted octanol–water partition coefficient (Wildman–Crippen LogP) is -2.17. The number of aliphatic hydroxyl groups excluding tert-OH is 4. The normalized spacial score (nSPS) is 18.9. The number of aliphatic hydroxyl groups is 4. The number of nitrogens with zero attached hydrogens (tertiary/aromatic N) is 1. The van der Waals surface area contributed by atoms with Gasteiger partial charge >= 0.3 is 0 Å². The van der Waals surface area contributed by atoms with Crippen molar-refractivity contribution < 1.29 is 20.4 Å². The highest BCUT2D eigenvalue weighted by Gasteiger charge is 2.23. The lowest BCUT2D eigenvalue weighted by molar-refractivity contribution is -0.0726. The molecule has 0 fully saturated rings. The third kappa shape index (κ3) is 3.38. The molecule has 0 aromatic heterocycles. The van der Waals surface area contributed by atoms with Crippen molar-refractivity contribution in [3.63, 3.8) is 0 Å². The summed E-state index contributed by atoms with van der Waals surface area (Å²) in [6.07, 6.45) is -4.39. The van der Waals surface area contributed by atoms with E-state index in [1.54, 1.807) is 0 Å². The molecule has 0 aliphatic heterocycles. The number of hydrogen-bond acceptors (Lipinski definition) is 6. The lowest BCUT2D eigenvalue weighted by atomic mass is 10.1. The Kier molecular flexibility index (Phi) is 4.88. The summed E-state index contributed by atoms with van der Waals surface area (Å²) < 4.78 is 0. The van der Waals surface area contributed by atoms with E-state index in [0.717, 1.165) is 0 Å². The predicted molar refractivity (Wildman–Crippen MR) is 35.8 cm³/mol. The van der Waals surface area contributed by atoms with E-state index >= 15 is 0 Å². The molecule has 0 aliphatic rings. The molecule has 0 radical (unpaired) electrons. The van der Waals surface area contributed by atoms with Gasteiger partial charge in [-0.2, -0.15) is 4.91 Å². The molecule has 0 saturated heterocycles. The fraction of sp³-hybridized carbons (Fsp3) is 1.00. The molecule has 66 valence electrons. The van der Waals surface area contributed by atoms with Crippen LogP contribution in [0.2, 0.25) is 0 Å². The van der Waals surface area contributed by atoms with Crippen LogP contribution in [0.1, 0.15) is 0 Å². The van der Waals surface area contributed by atoms with Crippen molar-refractivity contribution in [3.8, 4) is 0 Å².